The SMILES string of the molecule is C=CC.CC.CC1(C)C(=O)C(C#N)=CC2(C)C1CC[C@]1(C)C2CCC2C3CCCC3(C(=O)Cl)CC[C@]21C. The number of hydrogen-bond acceptors (Lipinski definition) is 3. The number of carbonyl (C=O) groups is 2. The summed E-state index contributed by atoms with van der Waals surface area (Å²) in [4.78, 5) is 25.7. The van der Waals surface area contributed by atoms with Crippen LogP contribution in [0.25, 0.3) is 0 Å². The molecule has 5 rings (SSSR count). The molecule has 5 aliphatic carbocycles. The van der Waals surface area contributed by atoms with E-state index in [4.69, 9.17) is 11.6 Å². The van der Waals surface area contributed by atoms with E-state index in [1.165, 1.54) is 0 Å². The molecule has 0 N–H and O–H groups in total. The van der Waals surface area contributed by atoms with E-state index in [1.54, 1.807) is 6.08 Å². The van der Waals surface area contributed by atoms with Crippen molar-refractivity contribution in [2.75, 3.05) is 0 Å². The Hall–Kier alpha value is -1.40. The van der Waals surface area contributed by atoms with Crippen LogP contribution in [-0.4, -0.2) is 11.0 Å². The average Bonchev–Trinajstić information content (AvgIpc) is 3.29. The number of ketones is 1. The molecule has 0 amide bonds. The molecule has 0 aromatic heterocycles. The third-order valence-corrected chi connectivity index (χ3v) is 12.6. The van der Waals surface area contributed by atoms with Crippen molar-refractivity contribution in [3.8, 4) is 6.07 Å². The molecule has 37 heavy (non-hydrogen) atoms. The predicted molar refractivity (Wildman–Crippen MR) is 153 cm³/mol. The molecule has 5 aliphatic rings. The minimum absolute atomic E-state index is 0.0278. The summed E-state index contributed by atoms with van der Waals surface area (Å²) in [7, 11) is 0. The topological polar surface area (TPSA) is 57.9 Å². The highest BCUT2D eigenvalue weighted by atomic mass is 35.5. The lowest BCUT2D eigenvalue weighted by atomic mass is 9.33. The Morgan fingerprint density at radius 3 is 2.16 bits per heavy atom. The number of halogens is 1. The van der Waals surface area contributed by atoms with Gasteiger partial charge in [0, 0.05) is 10.8 Å². The molecule has 0 spiro atoms. The van der Waals surface area contributed by atoms with Crippen molar-refractivity contribution in [2.24, 2.45) is 50.7 Å². The largest absolute Gasteiger partial charge is 0.293 e. The number of carbonyl (C=O) groups excluding carboxylic acids is 2. The first-order valence-electron chi connectivity index (χ1n) is 14.7. The number of fused-ring (bicyclic) bond motifs is 7. The lowest BCUT2D eigenvalue weighted by molar-refractivity contribution is -0.213. The summed E-state index contributed by atoms with van der Waals surface area (Å²) in [5.74, 6) is 1.72. The first kappa shape index (κ1) is 30.1. The fourth-order valence-corrected chi connectivity index (χ4v) is 10.8. The zero-order chi connectivity index (χ0) is 28.0. The van der Waals surface area contributed by atoms with Gasteiger partial charge in [0.15, 0.2) is 5.78 Å². The smallest absolute Gasteiger partial charge is 0.228 e. The van der Waals surface area contributed by atoms with Gasteiger partial charge >= 0.3 is 0 Å². The molecule has 0 aromatic carbocycles. The second-order valence-corrected chi connectivity index (χ2v) is 13.9. The molecular formula is C33H50ClNO2. The molecule has 0 heterocycles. The van der Waals surface area contributed by atoms with E-state index < -0.39 is 5.41 Å². The quantitative estimate of drug-likeness (QED) is 0.252. The van der Waals surface area contributed by atoms with Gasteiger partial charge in [0.2, 0.25) is 5.24 Å². The molecule has 206 valence electrons. The molecular weight excluding hydrogens is 478 g/mol. The van der Waals surface area contributed by atoms with Crippen LogP contribution in [-0.2, 0) is 9.59 Å². The minimum atomic E-state index is -0.494. The molecule has 0 aliphatic heterocycles. The molecule has 0 bridgehead atoms. The standard InChI is InChI=1S/C28H38ClNO2.C3H6.C2H6/c1-24(2)20-10-12-27(5)21(25(20,3)15-17(16-30)22(24)31)9-8-18-19-7-6-11-28(19,23(29)32)14-13-26(18,27)4;1-3-2;1-2/h15,18-21H,6-14H2,1-5H3;3H,1H2,2H3;1-2H3/t18?,19?,20?,21?,25?,26-,27-,28?;;/m1../s1. The second kappa shape index (κ2) is 10.3. The van der Waals surface area contributed by atoms with Gasteiger partial charge in [-0.05, 0) is 110 Å². The molecule has 4 saturated carbocycles. The summed E-state index contributed by atoms with van der Waals surface area (Å²) in [6.45, 7) is 20.8. The molecule has 8 atom stereocenters. The lowest BCUT2D eigenvalue weighted by Gasteiger charge is -2.71. The van der Waals surface area contributed by atoms with E-state index in [0.29, 0.717) is 23.3 Å². The Morgan fingerprint density at radius 1 is 0.973 bits per heavy atom. The van der Waals surface area contributed by atoms with Gasteiger partial charge in [-0.15, -0.1) is 6.58 Å². The number of Topliss-reactive ketones (excluding diaryl/α,β-unsaturated/α-hetero) is 1. The summed E-state index contributed by atoms with van der Waals surface area (Å²) in [6, 6.07) is 2.25. The van der Waals surface area contributed by atoms with Crippen LogP contribution in [0.2, 0.25) is 0 Å². The first-order valence-corrected chi connectivity index (χ1v) is 15.1. The van der Waals surface area contributed by atoms with Crippen molar-refractivity contribution in [2.45, 2.75) is 113 Å². The fourth-order valence-electron chi connectivity index (χ4n) is 10.5. The normalized spacial score (nSPS) is 45.0. The molecule has 6 unspecified atom stereocenters. The average molecular weight is 528 g/mol. The van der Waals surface area contributed by atoms with Gasteiger partial charge in [0.05, 0.1) is 5.57 Å². The van der Waals surface area contributed by atoms with Gasteiger partial charge in [-0.1, -0.05) is 67.0 Å². The van der Waals surface area contributed by atoms with E-state index in [2.05, 4.69) is 53.3 Å². The van der Waals surface area contributed by atoms with Crippen LogP contribution in [0.3, 0.4) is 0 Å². The monoisotopic (exact) mass is 527 g/mol. The van der Waals surface area contributed by atoms with Gasteiger partial charge < -0.3 is 0 Å². The van der Waals surface area contributed by atoms with Gasteiger partial charge in [-0.3, -0.25) is 9.59 Å². The summed E-state index contributed by atoms with van der Waals surface area (Å²) in [5, 5.41) is 9.71. The van der Waals surface area contributed by atoms with Gasteiger partial charge in [0.1, 0.15) is 6.07 Å². The Morgan fingerprint density at radius 2 is 1.59 bits per heavy atom. The van der Waals surface area contributed by atoms with E-state index in [1.807, 2.05) is 20.8 Å². The van der Waals surface area contributed by atoms with E-state index >= 15 is 0 Å². The van der Waals surface area contributed by atoms with Crippen LogP contribution in [0, 0.1) is 62.1 Å². The number of hydrogen-bond donors (Lipinski definition) is 0. The summed E-state index contributed by atoms with van der Waals surface area (Å²) in [6.07, 6.45) is 13.5. The van der Waals surface area contributed by atoms with Crippen LogP contribution in [0.1, 0.15) is 113 Å². The van der Waals surface area contributed by atoms with Gasteiger partial charge in [-0.25, -0.2) is 0 Å². The maximum atomic E-state index is 13.1. The highest BCUT2D eigenvalue weighted by Gasteiger charge is 2.70. The third kappa shape index (κ3) is 4.02. The Kier molecular flexibility index (Phi) is 8.39. The van der Waals surface area contributed by atoms with E-state index in [0.717, 1.165) is 57.8 Å². The minimum Gasteiger partial charge on any atom is -0.293 e. The Bertz CT molecular complexity index is 1010. The molecule has 0 radical (unpaired) electrons. The van der Waals surface area contributed by atoms with E-state index in [9.17, 15) is 14.9 Å². The predicted octanol–water partition coefficient (Wildman–Crippen LogP) is 9.06. The number of nitrogens with zero attached hydrogens (tertiary/aromatic N) is 1. The number of nitriles is 1. The molecule has 4 fully saturated rings. The summed E-state index contributed by atoms with van der Waals surface area (Å²) >= 11 is 6.28. The molecule has 0 aromatic rings. The maximum absolute atomic E-state index is 13.1. The highest BCUT2D eigenvalue weighted by Crippen LogP contribution is 2.76. The Labute approximate surface area is 231 Å². The highest BCUT2D eigenvalue weighted by molar-refractivity contribution is 6.64. The molecule has 0 saturated heterocycles. The summed E-state index contributed by atoms with van der Waals surface area (Å²) in [5.41, 5.74) is -0.249. The van der Waals surface area contributed by atoms with Crippen LogP contribution in [0.15, 0.2) is 24.3 Å². The van der Waals surface area contributed by atoms with Crippen molar-refractivity contribution in [1.82, 2.24) is 0 Å². The number of allylic oxidation sites excluding steroid dienone is 3. The van der Waals surface area contributed by atoms with Gasteiger partial charge in [0.25, 0.3) is 0 Å². The zero-order valence-electron chi connectivity index (χ0n) is 24.7. The van der Waals surface area contributed by atoms with Crippen LogP contribution < -0.4 is 0 Å². The van der Waals surface area contributed by atoms with Crippen molar-refractivity contribution >= 4 is 22.6 Å². The van der Waals surface area contributed by atoms with Crippen LogP contribution >= 0.6 is 11.6 Å². The number of rotatable bonds is 1. The Balaban J connectivity index is 0.000000711. The first-order chi connectivity index (χ1) is 17.3. The summed E-state index contributed by atoms with van der Waals surface area (Å²) < 4.78 is 0. The van der Waals surface area contributed by atoms with Crippen molar-refractivity contribution in [3.63, 3.8) is 0 Å². The second-order valence-electron chi connectivity index (χ2n) is 13.6. The van der Waals surface area contributed by atoms with Crippen molar-refractivity contribution < 1.29 is 9.59 Å². The fraction of sp³-hybridized carbons (Fsp3) is 0.788. The van der Waals surface area contributed by atoms with Crippen LogP contribution in [0.4, 0.5) is 0 Å². The molecule has 4 heteroatoms. The van der Waals surface area contributed by atoms with Crippen molar-refractivity contribution in [1.29, 1.82) is 5.26 Å². The zero-order valence-corrected chi connectivity index (χ0v) is 25.4. The van der Waals surface area contributed by atoms with Gasteiger partial charge in [-0.2, -0.15) is 5.26 Å². The maximum Gasteiger partial charge on any atom is 0.228 e. The van der Waals surface area contributed by atoms with E-state index in [-0.39, 0.29) is 38.6 Å². The lowest BCUT2D eigenvalue weighted by Crippen LogP contribution is -2.65. The van der Waals surface area contributed by atoms with Crippen molar-refractivity contribution in [3.05, 3.63) is 24.3 Å². The molecule has 3 nitrogen and oxygen atoms in total. The third-order valence-electron chi connectivity index (χ3n) is 12.2. The van der Waals surface area contributed by atoms with Crippen LogP contribution in [0.5, 0.6) is 0 Å².